The molecular weight excluding hydrogens is 258 g/mol. The van der Waals surface area contributed by atoms with Gasteiger partial charge in [-0.1, -0.05) is 18.2 Å². The summed E-state index contributed by atoms with van der Waals surface area (Å²) in [7, 11) is 0. The highest BCUT2D eigenvalue weighted by Gasteiger charge is 2.08. The van der Waals surface area contributed by atoms with E-state index in [1.165, 1.54) is 16.1 Å². The Morgan fingerprint density at radius 3 is 2.94 bits per heavy atom. The number of hydrogen-bond acceptors (Lipinski definition) is 3. The molecule has 0 aliphatic rings. The summed E-state index contributed by atoms with van der Waals surface area (Å²) in [5.41, 5.74) is 2.53. The molecule has 0 saturated heterocycles. The Morgan fingerprint density at radius 1 is 1.39 bits per heavy atom. The molecule has 1 N–H and O–H groups in total. The van der Waals surface area contributed by atoms with Crippen LogP contribution in [0.15, 0.2) is 58.6 Å². The van der Waals surface area contributed by atoms with Crippen LogP contribution < -0.4 is 5.32 Å². The van der Waals surface area contributed by atoms with Crippen molar-refractivity contribution in [1.29, 1.82) is 0 Å². The SMILES string of the molecule is C=CCSc1ccccc1NC(C)c1ccsc1. The fourth-order valence-corrected chi connectivity index (χ4v) is 3.21. The van der Waals surface area contributed by atoms with Crippen molar-refractivity contribution in [2.24, 2.45) is 0 Å². The van der Waals surface area contributed by atoms with E-state index in [0.29, 0.717) is 6.04 Å². The number of para-hydroxylation sites is 1. The molecule has 2 rings (SSSR count). The average molecular weight is 275 g/mol. The second-order valence-electron chi connectivity index (χ2n) is 4.02. The molecule has 0 spiro atoms. The molecule has 1 unspecified atom stereocenters. The van der Waals surface area contributed by atoms with Gasteiger partial charge in [0, 0.05) is 22.4 Å². The van der Waals surface area contributed by atoms with Crippen molar-refractivity contribution >= 4 is 28.8 Å². The minimum Gasteiger partial charge on any atom is -0.378 e. The summed E-state index contributed by atoms with van der Waals surface area (Å²) in [4.78, 5) is 1.28. The van der Waals surface area contributed by atoms with Crippen molar-refractivity contribution in [2.45, 2.75) is 17.9 Å². The number of nitrogens with one attached hydrogen (secondary N) is 1. The van der Waals surface area contributed by atoms with E-state index in [2.05, 4.69) is 59.9 Å². The number of thioether (sulfide) groups is 1. The fraction of sp³-hybridized carbons (Fsp3) is 0.200. The van der Waals surface area contributed by atoms with Crippen LogP contribution in [0.4, 0.5) is 5.69 Å². The summed E-state index contributed by atoms with van der Waals surface area (Å²) in [6.07, 6.45) is 1.93. The van der Waals surface area contributed by atoms with Crippen LogP contribution in [0.3, 0.4) is 0 Å². The molecule has 94 valence electrons. The normalized spacial score (nSPS) is 12.1. The zero-order chi connectivity index (χ0) is 12.8. The summed E-state index contributed by atoms with van der Waals surface area (Å²) >= 11 is 3.55. The van der Waals surface area contributed by atoms with Gasteiger partial charge in [0.2, 0.25) is 0 Å². The Kier molecular flexibility index (Phi) is 4.90. The molecule has 0 bridgehead atoms. The molecule has 2 aromatic rings. The zero-order valence-electron chi connectivity index (χ0n) is 10.4. The summed E-state index contributed by atoms with van der Waals surface area (Å²) in [5.74, 6) is 0.936. The van der Waals surface area contributed by atoms with E-state index < -0.39 is 0 Å². The number of thiophene rings is 1. The predicted octanol–water partition coefficient (Wildman–Crippen LogP) is 5.20. The van der Waals surface area contributed by atoms with E-state index in [1.54, 1.807) is 11.3 Å². The molecule has 0 amide bonds. The molecule has 0 saturated carbocycles. The molecule has 0 radical (unpaired) electrons. The molecule has 0 fully saturated rings. The first-order chi connectivity index (χ1) is 8.81. The van der Waals surface area contributed by atoms with Crippen LogP contribution in [0.2, 0.25) is 0 Å². The molecule has 1 aromatic carbocycles. The van der Waals surface area contributed by atoms with Gasteiger partial charge in [0.05, 0.1) is 0 Å². The minimum atomic E-state index is 0.335. The topological polar surface area (TPSA) is 12.0 Å². The molecular formula is C15H17NS2. The van der Waals surface area contributed by atoms with Crippen molar-refractivity contribution in [3.05, 3.63) is 59.3 Å². The Hall–Kier alpha value is -1.19. The molecule has 1 nitrogen and oxygen atoms in total. The second kappa shape index (κ2) is 6.66. The summed E-state index contributed by atoms with van der Waals surface area (Å²) in [6.45, 7) is 5.96. The van der Waals surface area contributed by atoms with Gasteiger partial charge in [-0.15, -0.1) is 18.3 Å². The molecule has 18 heavy (non-hydrogen) atoms. The van der Waals surface area contributed by atoms with E-state index in [-0.39, 0.29) is 0 Å². The lowest BCUT2D eigenvalue weighted by Gasteiger charge is -2.16. The first-order valence-electron chi connectivity index (χ1n) is 5.92. The number of rotatable bonds is 6. The van der Waals surface area contributed by atoms with Gasteiger partial charge >= 0.3 is 0 Å². The van der Waals surface area contributed by atoms with Gasteiger partial charge in [0.1, 0.15) is 0 Å². The molecule has 1 heterocycles. The van der Waals surface area contributed by atoms with Crippen LogP contribution in [-0.4, -0.2) is 5.75 Å². The van der Waals surface area contributed by atoms with E-state index in [4.69, 9.17) is 0 Å². The molecule has 0 aliphatic heterocycles. The zero-order valence-corrected chi connectivity index (χ0v) is 12.1. The van der Waals surface area contributed by atoms with Gasteiger partial charge in [-0.3, -0.25) is 0 Å². The maximum absolute atomic E-state index is 3.77. The molecule has 0 aliphatic carbocycles. The van der Waals surface area contributed by atoms with Crippen molar-refractivity contribution in [3.8, 4) is 0 Å². The summed E-state index contributed by atoms with van der Waals surface area (Å²) in [6, 6.07) is 10.9. The van der Waals surface area contributed by atoms with Crippen LogP contribution in [0.25, 0.3) is 0 Å². The Bertz CT molecular complexity index is 491. The van der Waals surface area contributed by atoms with Crippen molar-refractivity contribution in [2.75, 3.05) is 11.1 Å². The Morgan fingerprint density at radius 2 is 2.22 bits per heavy atom. The lowest BCUT2D eigenvalue weighted by Crippen LogP contribution is -2.06. The molecule has 1 atom stereocenters. The fourth-order valence-electron chi connectivity index (χ4n) is 1.70. The van der Waals surface area contributed by atoms with E-state index in [0.717, 1.165) is 5.75 Å². The van der Waals surface area contributed by atoms with Crippen molar-refractivity contribution < 1.29 is 0 Å². The van der Waals surface area contributed by atoms with Gasteiger partial charge < -0.3 is 5.32 Å². The first kappa shape index (κ1) is 13.2. The van der Waals surface area contributed by atoms with Gasteiger partial charge in [-0.05, 0) is 41.4 Å². The van der Waals surface area contributed by atoms with E-state index in [1.807, 2.05) is 17.8 Å². The second-order valence-corrected chi connectivity index (χ2v) is 5.86. The van der Waals surface area contributed by atoms with Crippen LogP contribution in [0.1, 0.15) is 18.5 Å². The lowest BCUT2D eigenvalue weighted by atomic mass is 10.1. The van der Waals surface area contributed by atoms with Crippen LogP contribution in [0.5, 0.6) is 0 Å². The van der Waals surface area contributed by atoms with E-state index in [9.17, 15) is 0 Å². The molecule has 3 heteroatoms. The smallest absolute Gasteiger partial charge is 0.0494 e. The average Bonchev–Trinajstić information content (AvgIpc) is 2.91. The highest BCUT2D eigenvalue weighted by Crippen LogP contribution is 2.30. The number of benzene rings is 1. The van der Waals surface area contributed by atoms with Gasteiger partial charge in [0.25, 0.3) is 0 Å². The summed E-state index contributed by atoms with van der Waals surface area (Å²) in [5, 5.41) is 7.88. The van der Waals surface area contributed by atoms with Gasteiger partial charge in [-0.25, -0.2) is 0 Å². The predicted molar refractivity (Wildman–Crippen MR) is 83.7 cm³/mol. The Balaban J connectivity index is 2.10. The quantitative estimate of drug-likeness (QED) is 0.574. The highest BCUT2D eigenvalue weighted by molar-refractivity contribution is 7.99. The highest BCUT2D eigenvalue weighted by atomic mass is 32.2. The monoisotopic (exact) mass is 275 g/mol. The van der Waals surface area contributed by atoms with E-state index >= 15 is 0 Å². The third-order valence-corrected chi connectivity index (χ3v) is 4.43. The third kappa shape index (κ3) is 3.40. The van der Waals surface area contributed by atoms with Crippen LogP contribution >= 0.6 is 23.1 Å². The molecule has 1 aromatic heterocycles. The lowest BCUT2D eigenvalue weighted by molar-refractivity contribution is 0.885. The van der Waals surface area contributed by atoms with Crippen LogP contribution in [-0.2, 0) is 0 Å². The van der Waals surface area contributed by atoms with Gasteiger partial charge in [-0.2, -0.15) is 11.3 Å². The maximum atomic E-state index is 3.77. The Labute approximate surface area is 117 Å². The third-order valence-electron chi connectivity index (χ3n) is 2.66. The number of hydrogen-bond donors (Lipinski definition) is 1. The number of anilines is 1. The van der Waals surface area contributed by atoms with Crippen molar-refractivity contribution in [3.63, 3.8) is 0 Å². The maximum Gasteiger partial charge on any atom is 0.0494 e. The summed E-state index contributed by atoms with van der Waals surface area (Å²) < 4.78 is 0. The van der Waals surface area contributed by atoms with Gasteiger partial charge in [0.15, 0.2) is 0 Å². The largest absolute Gasteiger partial charge is 0.378 e. The standard InChI is InChI=1S/C15H17NS2/c1-3-9-18-15-7-5-4-6-14(15)16-12(2)13-8-10-17-11-13/h3-8,10-12,16H,1,9H2,2H3. The minimum absolute atomic E-state index is 0.335. The van der Waals surface area contributed by atoms with Crippen molar-refractivity contribution in [1.82, 2.24) is 0 Å². The first-order valence-corrected chi connectivity index (χ1v) is 7.85. The van der Waals surface area contributed by atoms with Crippen LogP contribution in [0, 0.1) is 0 Å².